The summed E-state index contributed by atoms with van der Waals surface area (Å²) < 4.78 is 1.83. The lowest BCUT2D eigenvalue weighted by Gasteiger charge is -2.06. The van der Waals surface area contributed by atoms with Crippen LogP contribution in [0.15, 0.2) is 18.3 Å². The summed E-state index contributed by atoms with van der Waals surface area (Å²) in [5, 5.41) is 8.83. The zero-order valence-electron chi connectivity index (χ0n) is 9.14. The third-order valence-corrected chi connectivity index (χ3v) is 3.45. The molecule has 0 aliphatic heterocycles. The van der Waals surface area contributed by atoms with Gasteiger partial charge >= 0.3 is 0 Å². The minimum atomic E-state index is 0.151. The van der Waals surface area contributed by atoms with E-state index in [4.69, 9.17) is 5.11 Å². The number of aliphatic hydroxyl groups excluding tert-OH is 1. The quantitative estimate of drug-likeness (QED) is 0.750. The van der Waals surface area contributed by atoms with Crippen molar-refractivity contribution < 1.29 is 9.90 Å². The van der Waals surface area contributed by atoms with Gasteiger partial charge in [0, 0.05) is 19.9 Å². The summed E-state index contributed by atoms with van der Waals surface area (Å²) in [6, 6.07) is 3.70. The highest BCUT2D eigenvalue weighted by Gasteiger charge is 2.09. The van der Waals surface area contributed by atoms with Gasteiger partial charge in [0.25, 0.3) is 0 Å². The van der Waals surface area contributed by atoms with Gasteiger partial charge in [-0.2, -0.15) is 11.8 Å². The fourth-order valence-electron chi connectivity index (χ4n) is 1.23. The molecule has 0 aliphatic carbocycles. The highest BCUT2D eigenvalue weighted by atomic mass is 32.2. The number of carbonyl (C=O) groups excluding carboxylic acids is 1. The van der Waals surface area contributed by atoms with E-state index < -0.39 is 0 Å². The van der Waals surface area contributed by atoms with Crippen LogP contribution < -0.4 is 0 Å². The molecule has 1 aromatic heterocycles. The molecule has 0 bridgehead atoms. The lowest BCUT2D eigenvalue weighted by atomic mass is 10.2. The first-order valence-corrected chi connectivity index (χ1v) is 6.13. The molecule has 0 aliphatic rings. The van der Waals surface area contributed by atoms with E-state index >= 15 is 0 Å². The fourth-order valence-corrected chi connectivity index (χ4v) is 2.19. The van der Waals surface area contributed by atoms with Crippen LogP contribution in [0.4, 0.5) is 0 Å². The number of aliphatic hydroxyl groups is 1. The van der Waals surface area contributed by atoms with E-state index in [9.17, 15) is 4.79 Å². The second-order valence-electron chi connectivity index (χ2n) is 3.73. The number of aromatic nitrogens is 1. The molecule has 1 N–H and O–H groups in total. The molecule has 0 amide bonds. The predicted molar refractivity (Wildman–Crippen MR) is 63.3 cm³/mol. The summed E-state index contributed by atoms with van der Waals surface area (Å²) in [4.78, 5) is 11.7. The molecule has 4 heteroatoms. The monoisotopic (exact) mass is 227 g/mol. The fraction of sp³-hybridized carbons (Fsp3) is 0.545. The Balaban J connectivity index is 2.34. The van der Waals surface area contributed by atoms with Gasteiger partial charge in [0.05, 0.1) is 11.4 Å². The van der Waals surface area contributed by atoms with Crippen molar-refractivity contribution in [2.75, 3.05) is 18.1 Å². The Kier molecular flexibility index (Phi) is 4.91. The zero-order valence-corrected chi connectivity index (χ0v) is 9.96. The first kappa shape index (κ1) is 12.3. The molecular weight excluding hydrogens is 210 g/mol. The summed E-state index contributed by atoms with van der Waals surface area (Å²) in [5.41, 5.74) is 0.749. The van der Waals surface area contributed by atoms with Gasteiger partial charge in [-0.3, -0.25) is 4.79 Å². The topological polar surface area (TPSA) is 42.2 Å². The van der Waals surface area contributed by atoms with Crippen molar-refractivity contribution in [3.63, 3.8) is 0 Å². The van der Waals surface area contributed by atoms with E-state index in [1.54, 1.807) is 11.8 Å². The van der Waals surface area contributed by atoms with E-state index in [-0.39, 0.29) is 18.3 Å². The number of hydrogen-bond acceptors (Lipinski definition) is 3. The molecule has 0 saturated carbocycles. The van der Waals surface area contributed by atoms with Crippen LogP contribution in [-0.4, -0.2) is 33.6 Å². The maximum absolute atomic E-state index is 11.7. The Labute approximate surface area is 94.5 Å². The van der Waals surface area contributed by atoms with Crippen LogP contribution in [0.3, 0.4) is 0 Å². The van der Waals surface area contributed by atoms with Gasteiger partial charge in [0.1, 0.15) is 0 Å². The summed E-state index contributed by atoms with van der Waals surface area (Å²) in [6.07, 6.45) is 1.87. The van der Waals surface area contributed by atoms with E-state index in [1.807, 2.05) is 36.9 Å². The first-order chi connectivity index (χ1) is 7.15. The van der Waals surface area contributed by atoms with Crippen LogP contribution in [0.1, 0.15) is 17.4 Å². The van der Waals surface area contributed by atoms with Crippen LogP contribution >= 0.6 is 11.8 Å². The minimum absolute atomic E-state index is 0.151. The average molecular weight is 227 g/mol. The van der Waals surface area contributed by atoms with E-state index in [1.165, 1.54) is 0 Å². The maximum Gasteiger partial charge on any atom is 0.189 e. The molecule has 1 rings (SSSR count). The molecule has 1 heterocycles. The standard InChI is InChI=1S/C11H17NO2S/c1-9(6-13)7-15-8-11(14)10-4-3-5-12(10)2/h3-5,9,13H,6-8H2,1-2H3. The van der Waals surface area contributed by atoms with Crippen LogP contribution in [0.2, 0.25) is 0 Å². The minimum Gasteiger partial charge on any atom is -0.396 e. The van der Waals surface area contributed by atoms with Gasteiger partial charge in [0.2, 0.25) is 0 Å². The van der Waals surface area contributed by atoms with E-state index in [2.05, 4.69) is 0 Å². The van der Waals surface area contributed by atoms with Crippen molar-refractivity contribution in [2.24, 2.45) is 13.0 Å². The Morgan fingerprint density at radius 2 is 2.40 bits per heavy atom. The van der Waals surface area contributed by atoms with E-state index in [0.29, 0.717) is 5.75 Å². The van der Waals surface area contributed by atoms with Crippen molar-refractivity contribution in [3.05, 3.63) is 24.0 Å². The van der Waals surface area contributed by atoms with Crippen LogP contribution in [0.25, 0.3) is 0 Å². The van der Waals surface area contributed by atoms with Crippen LogP contribution in [0.5, 0.6) is 0 Å². The second-order valence-corrected chi connectivity index (χ2v) is 4.76. The molecule has 3 nitrogen and oxygen atoms in total. The number of thioether (sulfide) groups is 1. The predicted octanol–water partition coefficient (Wildman–Crippen LogP) is 1.57. The van der Waals surface area contributed by atoms with E-state index in [0.717, 1.165) is 11.4 Å². The maximum atomic E-state index is 11.7. The van der Waals surface area contributed by atoms with Gasteiger partial charge in [-0.1, -0.05) is 6.92 Å². The highest BCUT2D eigenvalue weighted by molar-refractivity contribution is 7.99. The number of carbonyl (C=O) groups is 1. The number of nitrogens with zero attached hydrogens (tertiary/aromatic N) is 1. The largest absolute Gasteiger partial charge is 0.396 e. The Morgan fingerprint density at radius 3 is 2.93 bits per heavy atom. The van der Waals surface area contributed by atoms with Gasteiger partial charge in [-0.25, -0.2) is 0 Å². The molecule has 1 aromatic rings. The van der Waals surface area contributed by atoms with Gasteiger partial charge in [-0.05, 0) is 23.8 Å². The molecule has 84 valence electrons. The number of aryl methyl sites for hydroxylation is 1. The molecule has 0 saturated heterocycles. The first-order valence-electron chi connectivity index (χ1n) is 4.98. The second kappa shape index (κ2) is 5.98. The van der Waals surface area contributed by atoms with Crippen molar-refractivity contribution in [1.29, 1.82) is 0 Å². The molecule has 0 aromatic carbocycles. The smallest absolute Gasteiger partial charge is 0.189 e. The Bertz CT molecular complexity index is 322. The number of hydrogen-bond donors (Lipinski definition) is 1. The normalized spacial score (nSPS) is 12.7. The summed E-state index contributed by atoms with van der Waals surface area (Å²) >= 11 is 1.58. The van der Waals surface area contributed by atoms with Crippen molar-refractivity contribution in [2.45, 2.75) is 6.92 Å². The summed E-state index contributed by atoms with van der Waals surface area (Å²) in [7, 11) is 1.87. The molecule has 0 fully saturated rings. The third kappa shape index (κ3) is 3.72. The lowest BCUT2D eigenvalue weighted by molar-refractivity contribution is 0.101. The molecule has 1 atom stereocenters. The van der Waals surface area contributed by atoms with Crippen molar-refractivity contribution >= 4 is 17.5 Å². The molecule has 15 heavy (non-hydrogen) atoms. The summed E-state index contributed by atoms with van der Waals surface area (Å²) in [6.45, 7) is 2.16. The van der Waals surface area contributed by atoms with Gasteiger partial charge < -0.3 is 9.67 Å². The van der Waals surface area contributed by atoms with Crippen LogP contribution in [0, 0.1) is 5.92 Å². The highest BCUT2D eigenvalue weighted by Crippen LogP contribution is 2.11. The molecular formula is C11H17NO2S. The number of Topliss-reactive ketones (excluding diaryl/α,β-unsaturated/α-hetero) is 1. The molecule has 0 radical (unpaired) electrons. The van der Waals surface area contributed by atoms with Crippen molar-refractivity contribution in [3.8, 4) is 0 Å². The SMILES string of the molecule is CC(CO)CSCC(=O)c1cccn1C. The molecule has 1 unspecified atom stereocenters. The number of ketones is 1. The Morgan fingerprint density at radius 1 is 1.67 bits per heavy atom. The third-order valence-electron chi connectivity index (χ3n) is 2.18. The van der Waals surface area contributed by atoms with Crippen LogP contribution in [-0.2, 0) is 7.05 Å². The van der Waals surface area contributed by atoms with Gasteiger partial charge in [0.15, 0.2) is 5.78 Å². The lowest BCUT2D eigenvalue weighted by Crippen LogP contribution is -2.10. The molecule has 0 spiro atoms. The van der Waals surface area contributed by atoms with Crippen molar-refractivity contribution in [1.82, 2.24) is 4.57 Å². The zero-order chi connectivity index (χ0) is 11.3. The number of rotatable bonds is 6. The average Bonchev–Trinajstić information content (AvgIpc) is 2.64. The Hall–Kier alpha value is -0.740. The van der Waals surface area contributed by atoms with Gasteiger partial charge in [-0.15, -0.1) is 0 Å². The summed E-state index contributed by atoms with van der Waals surface area (Å²) in [5.74, 6) is 1.73.